The van der Waals surface area contributed by atoms with Gasteiger partial charge in [0.05, 0.1) is 0 Å². The molecule has 3 aromatic rings. The van der Waals surface area contributed by atoms with E-state index in [2.05, 4.69) is 0 Å². The third kappa shape index (κ3) is 2.98. The minimum absolute atomic E-state index is 0.667. The lowest BCUT2D eigenvalue weighted by molar-refractivity contribution is 0.483. The maximum absolute atomic E-state index is 6.00. The van der Waals surface area contributed by atoms with E-state index in [1.54, 1.807) is 6.07 Å². The van der Waals surface area contributed by atoms with Crippen LogP contribution in [-0.4, -0.2) is 0 Å². The van der Waals surface area contributed by atoms with Gasteiger partial charge in [-0.15, -0.1) is 0 Å². The Hall–Kier alpha value is -2.94. The van der Waals surface area contributed by atoms with Crippen molar-refractivity contribution < 1.29 is 4.74 Å². The van der Waals surface area contributed by atoms with Gasteiger partial charge in [0.15, 0.2) is 0 Å². The normalized spacial score (nSPS) is 10.3. The molecule has 0 heterocycles. The highest BCUT2D eigenvalue weighted by molar-refractivity contribution is 5.79. The topological polar surface area (TPSA) is 61.3 Å². The van der Waals surface area contributed by atoms with E-state index in [1.165, 1.54) is 0 Å². The molecule has 0 atom stereocenters. The molecule has 21 heavy (non-hydrogen) atoms. The van der Waals surface area contributed by atoms with Gasteiger partial charge in [-0.2, -0.15) is 0 Å². The Morgan fingerprint density at radius 3 is 2.00 bits per heavy atom. The number of rotatable bonds is 3. The van der Waals surface area contributed by atoms with Crippen LogP contribution in [0.15, 0.2) is 72.8 Å². The number of hydrogen-bond acceptors (Lipinski definition) is 3. The second kappa shape index (κ2) is 5.59. The summed E-state index contributed by atoms with van der Waals surface area (Å²) >= 11 is 0. The van der Waals surface area contributed by atoms with Crippen LogP contribution in [0.25, 0.3) is 11.1 Å². The van der Waals surface area contributed by atoms with E-state index in [-0.39, 0.29) is 0 Å². The van der Waals surface area contributed by atoms with Crippen LogP contribution < -0.4 is 16.2 Å². The van der Waals surface area contributed by atoms with E-state index in [4.69, 9.17) is 16.2 Å². The monoisotopic (exact) mass is 276 g/mol. The zero-order valence-electron chi connectivity index (χ0n) is 11.5. The number of nitrogen functional groups attached to an aromatic ring is 2. The SMILES string of the molecule is Nc1ccc(-c2ccc(Oc3ccccc3)cc2)c(N)c1. The largest absolute Gasteiger partial charge is 0.457 e. The van der Waals surface area contributed by atoms with E-state index in [1.807, 2.05) is 66.7 Å². The lowest BCUT2D eigenvalue weighted by Crippen LogP contribution is -1.93. The summed E-state index contributed by atoms with van der Waals surface area (Å²) in [6, 6.07) is 23.1. The molecule has 0 bridgehead atoms. The third-order valence-electron chi connectivity index (χ3n) is 3.22. The average Bonchev–Trinajstić information content (AvgIpc) is 2.49. The van der Waals surface area contributed by atoms with E-state index in [0.717, 1.165) is 22.6 Å². The fraction of sp³-hybridized carbons (Fsp3) is 0. The van der Waals surface area contributed by atoms with Crippen LogP contribution >= 0.6 is 0 Å². The van der Waals surface area contributed by atoms with Crippen LogP contribution in [0.3, 0.4) is 0 Å². The molecule has 0 aliphatic rings. The summed E-state index contributed by atoms with van der Waals surface area (Å²) in [6.07, 6.45) is 0. The van der Waals surface area contributed by atoms with Crippen molar-refractivity contribution in [3.63, 3.8) is 0 Å². The van der Waals surface area contributed by atoms with Crippen LogP contribution in [0.2, 0.25) is 0 Å². The average molecular weight is 276 g/mol. The fourth-order valence-electron chi connectivity index (χ4n) is 2.17. The van der Waals surface area contributed by atoms with E-state index >= 15 is 0 Å². The molecule has 104 valence electrons. The molecule has 3 aromatic carbocycles. The Morgan fingerprint density at radius 1 is 0.667 bits per heavy atom. The molecule has 0 fully saturated rings. The molecular formula is C18H16N2O. The predicted molar refractivity (Wildman–Crippen MR) is 87.2 cm³/mol. The fourth-order valence-corrected chi connectivity index (χ4v) is 2.17. The van der Waals surface area contributed by atoms with Gasteiger partial charge >= 0.3 is 0 Å². The lowest BCUT2D eigenvalue weighted by atomic mass is 10.0. The number of anilines is 2. The molecule has 0 spiro atoms. The van der Waals surface area contributed by atoms with Gasteiger partial charge in [-0.25, -0.2) is 0 Å². The van der Waals surface area contributed by atoms with Gasteiger partial charge in [-0.3, -0.25) is 0 Å². The number of hydrogen-bond donors (Lipinski definition) is 2. The van der Waals surface area contributed by atoms with Gasteiger partial charge in [-0.05, 0) is 42.0 Å². The predicted octanol–water partition coefficient (Wildman–Crippen LogP) is 4.31. The number of para-hydroxylation sites is 1. The van der Waals surface area contributed by atoms with E-state index < -0.39 is 0 Å². The van der Waals surface area contributed by atoms with Crippen molar-refractivity contribution in [2.75, 3.05) is 11.5 Å². The zero-order chi connectivity index (χ0) is 14.7. The van der Waals surface area contributed by atoms with Crippen molar-refractivity contribution in [2.45, 2.75) is 0 Å². The van der Waals surface area contributed by atoms with Gasteiger partial charge in [0, 0.05) is 16.9 Å². The second-order valence-corrected chi connectivity index (χ2v) is 4.79. The highest BCUT2D eigenvalue weighted by Crippen LogP contribution is 2.30. The maximum atomic E-state index is 6.00. The van der Waals surface area contributed by atoms with Crippen molar-refractivity contribution in [1.82, 2.24) is 0 Å². The Labute approximate surface area is 123 Å². The van der Waals surface area contributed by atoms with Crippen molar-refractivity contribution in [3.8, 4) is 22.6 Å². The Kier molecular flexibility index (Phi) is 3.48. The summed E-state index contributed by atoms with van der Waals surface area (Å²) in [5.41, 5.74) is 15.1. The molecule has 0 aliphatic carbocycles. The third-order valence-corrected chi connectivity index (χ3v) is 3.22. The van der Waals surface area contributed by atoms with Crippen molar-refractivity contribution in [2.24, 2.45) is 0 Å². The Balaban J connectivity index is 1.84. The van der Waals surface area contributed by atoms with E-state index in [9.17, 15) is 0 Å². The van der Waals surface area contributed by atoms with Gasteiger partial charge in [-0.1, -0.05) is 36.4 Å². The van der Waals surface area contributed by atoms with Crippen LogP contribution in [0.1, 0.15) is 0 Å². The van der Waals surface area contributed by atoms with Crippen LogP contribution in [-0.2, 0) is 0 Å². The molecular weight excluding hydrogens is 260 g/mol. The molecule has 0 unspecified atom stereocenters. The zero-order valence-corrected chi connectivity index (χ0v) is 11.5. The van der Waals surface area contributed by atoms with Crippen molar-refractivity contribution in [1.29, 1.82) is 0 Å². The van der Waals surface area contributed by atoms with Crippen molar-refractivity contribution in [3.05, 3.63) is 72.8 Å². The molecule has 3 heteroatoms. The van der Waals surface area contributed by atoms with E-state index in [0.29, 0.717) is 11.4 Å². The molecule has 0 saturated heterocycles. The minimum atomic E-state index is 0.667. The standard InChI is InChI=1S/C18H16N2O/c19-14-8-11-17(18(20)12-14)13-6-9-16(10-7-13)21-15-4-2-1-3-5-15/h1-12H,19-20H2. The first-order valence-corrected chi connectivity index (χ1v) is 6.71. The maximum Gasteiger partial charge on any atom is 0.127 e. The van der Waals surface area contributed by atoms with Crippen molar-refractivity contribution >= 4 is 11.4 Å². The molecule has 0 aromatic heterocycles. The number of benzene rings is 3. The smallest absolute Gasteiger partial charge is 0.127 e. The quantitative estimate of drug-likeness (QED) is 0.701. The Bertz CT molecular complexity index is 737. The first-order chi connectivity index (χ1) is 10.2. The summed E-state index contributed by atoms with van der Waals surface area (Å²) < 4.78 is 5.77. The van der Waals surface area contributed by atoms with Crippen LogP contribution in [0.5, 0.6) is 11.5 Å². The van der Waals surface area contributed by atoms with Gasteiger partial charge in [0.1, 0.15) is 11.5 Å². The minimum Gasteiger partial charge on any atom is -0.457 e. The molecule has 0 amide bonds. The number of nitrogens with two attached hydrogens (primary N) is 2. The lowest BCUT2D eigenvalue weighted by Gasteiger charge is -2.09. The molecule has 0 radical (unpaired) electrons. The van der Waals surface area contributed by atoms with Gasteiger partial charge < -0.3 is 16.2 Å². The van der Waals surface area contributed by atoms with Gasteiger partial charge in [0.25, 0.3) is 0 Å². The summed E-state index contributed by atoms with van der Waals surface area (Å²) in [4.78, 5) is 0. The molecule has 4 N–H and O–H groups in total. The summed E-state index contributed by atoms with van der Waals surface area (Å²) in [5.74, 6) is 1.61. The molecule has 0 saturated carbocycles. The summed E-state index contributed by atoms with van der Waals surface area (Å²) in [7, 11) is 0. The molecule has 3 rings (SSSR count). The second-order valence-electron chi connectivity index (χ2n) is 4.79. The van der Waals surface area contributed by atoms with Crippen LogP contribution in [0, 0.1) is 0 Å². The molecule has 3 nitrogen and oxygen atoms in total. The highest BCUT2D eigenvalue weighted by Gasteiger charge is 2.04. The Morgan fingerprint density at radius 2 is 1.33 bits per heavy atom. The first-order valence-electron chi connectivity index (χ1n) is 6.71. The van der Waals surface area contributed by atoms with Gasteiger partial charge in [0.2, 0.25) is 0 Å². The van der Waals surface area contributed by atoms with Crippen LogP contribution in [0.4, 0.5) is 11.4 Å². The summed E-state index contributed by atoms with van der Waals surface area (Å²) in [6.45, 7) is 0. The highest BCUT2D eigenvalue weighted by atomic mass is 16.5. The number of ether oxygens (including phenoxy) is 1. The summed E-state index contributed by atoms with van der Waals surface area (Å²) in [5, 5.41) is 0. The first kappa shape index (κ1) is 13.1. The molecule has 0 aliphatic heterocycles.